The molecule has 2 aromatic rings. The van der Waals surface area contributed by atoms with Crippen LogP contribution in [0.2, 0.25) is 0 Å². The van der Waals surface area contributed by atoms with Gasteiger partial charge in [0.1, 0.15) is 5.75 Å². The summed E-state index contributed by atoms with van der Waals surface area (Å²) in [7, 11) is -3.51. The Labute approximate surface area is 220 Å². The third-order valence-corrected chi connectivity index (χ3v) is 7.08. The fourth-order valence-electron chi connectivity index (χ4n) is 4.45. The van der Waals surface area contributed by atoms with Crippen molar-refractivity contribution in [2.75, 3.05) is 50.5 Å². The molecule has 0 atom stereocenters. The van der Waals surface area contributed by atoms with Gasteiger partial charge in [-0.1, -0.05) is 36.4 Å². The molecule has 3 rings (SSSR count). The average Bonchev–Trinajstić information content (AvgIpc) is 2.89. The molecule has 0 bridgehead atoms. The number of sulfonamides is 1. The summed E-state index contributed by atoms with van der Waals surface area (Å²) >= 11 is 0. The number of benzene rings is 2. The maximum atomic E-state index is 13.5. The third kappa shape index (κ3) is 8.55. The van der Waals surface area contributed by atoms with Crippen molar-refractivity contribution in [2.45, 2.75) is 39.8 Å². The Morgan fingerprint density at radius 2 is 1.70 bits per heavy atom. The Morgan fingerprint density at radius 1 is 0.973 bits per heavy atom. The Morgan fingerprint density at radius 3 is 2.38 bits per heavy atom. The van der Waals surface area contributed by atoms with Gasteiger partial charge < -0.3 is 14.5 Å². The zero-order valence-corrected chi connectivity index (χ0v) is 23.0. The summed E-state index contributed by atoms with van der Waals surface area (Å²) in [6, 6.07) is 15.3. The number of para-hydroxylation sites is 2. The number of carbonyl (C=O) groups excluding carboxylic acids is 2. The lowest BCUT2D eigenvalue weighted by Crippen LogP contribution is -2.44. The van der Waals surface area contributed by atoms with Crippen LogP contribution in [0.1, 0.15) is 31.4 Å². The molecule has 0 spiro atoms. The number of nitrogens with one attached hydrogen (secondary N) is 1. The largest absolute Gasteiger partial charge is 0.484 e. The summed E-state index contributed by atoms with van der Waals surface area (Å²) in [6.45, 7) is 8.37. The molecular formula is C27H38N4O5S. The number of nitrogens with zero attached hydrogens (tertiary/aromatic N) is 3. The molecule has 0 radical (unpaired) electrons. The quantitative estimate of drug-likeness (QED) is 0.590. The number of hydrogen-bond acceptors (Lipinski definition) is 6. The van der Waals surface area contributed by atoms with Gasteiger partial charge in [0.2, 0.25) is 15.9 Å². The number of amides is 2. The summed E-state index contributed by atoms with van der Waals surface area (Å²) in [4.78, 5) is 32.3. The zero-order valence-electron chi connectivity index (χ0n) is 22.1. The fraction of sp³-hybridized carbons (Fsp3) is 0.481. The molecule has 0 aliphatic carbocycles. The van der Waals surface area contributed by atoms with Crippen molar-refractivity contribution >= 4 is 27.5 Å². The van der Waals surface area contributed by atoms with Crippen LogP contribution >= 0.6 is 0 Å². The minimum absolute atomic E-state index is 0.105. The number of aryl methyl sites for hydroxylation is 1. The number of rotatable bonds is 7. The molecule has 0 saturated carbocycles. The normalized spacial score (nSPS) is 15.7. The first-order valence-electron chi connectivity index (χ1n) is 12.6. The highest BCUT2D eigenvalue weighted by molar-refractivity contribution is 7.88. The molecule has 0 fully saturated rings. The number of anilines is 1. The molecule has 202 valence electrons. The van der Waals surface area contributed by atoms with Crippen molar-refractivity contribution in [3.05, 3.63) is 59.7 Å². The van der Waals surface area contributed by atoms with Gasteiger partial charge in [-0.2, -0.15) is 0 Å². The monoisotopic (exact) mass is 530 g/mol. The molecule has 0 aromatic heterocycles. The standard InChI is InChI=1S/C27H38N4O5S/c1-21(2)29-14-9-15-31(26(33)20-36-24-12-6-5-7-13-24)27-22(3)10-8-11-23(27)19-30(17-16-29)25(32)18-28-37(4,34)35/h5-8,10-13,21,28H,9,14-20H2,1-4H3. The number of hydrogen-bond donors (Lipinski definition) is 1. The summed E-state index contributed by atoms with van der Waals surface area (Å²) in [6.07, 6.45) is 1.79. The van der Waals surface area contributed by atoms with E-state index in [2.05, 4.69) is 23.5 Å². The molecular weight excluding hydrogens is 492 g/mol. The van der Waals surface area contributed by atoms with Gasteiger partial charge in [-0.05, 0) is 50.5 Å². The molecule has 0 saturated heterocycles. The molecule has 10 heteroatoms. The first kappa shape index (κ1) is 28.6. The second kappa shape index (κ2) is 13.0. The Kier molecular flexibility index (Phi) is 10.1. The van der Waals surface area contributed by atoms with Gasteiger partial charge in [0, 0.05) is 38.8 Å². The Balaban J connectivity index is 1.93. The van der Waals surface area contributed by atoms with Gasteiger partial charge in [0.25, 0.3) is 5.91 Å². The predicted octanol–water partition coefficient (Wildman–Crippen LogP) is 2.40. The van der Waals surface area contributed by atoms with Crippen molar-refractivity contribution in [1.82, 2.24) is 14.5 Å². The van der Waals surface area contributed by atoms with E-state index >= 15 is 0 Å². The van der Waals surface area contributed by atoms with E-state index in [0.717, 1.165) is 36.0 Å². The van der Waals surface area contributed by atoms with Gasteiger partial charge in [-0.25, -0.2) is 13.1 Å². The molecule has 0 unspecified atom stereocenters. The Bertz CT molecular complexity index is 1170. The van der Waals surface area contributed by atoms with Crippen molar-refractivity contribution in [3.63, 3.8) is 0 Å². The highest BCUT2D eigenvalue weighted by Gasteiger charge is 2.26. The second-order valence-corrected chi connectivity index (χ2v) is 11.5. The molecule has 1 aliphatic heterocycles. The highest BCUT2D eigenvalue weighted by atomic mass is 32.2. The van der Waals surface area contributed by atoms with Crippen LogP contribution in [0.4, 0.5) is 5.69 Å². The molecule has 2 amide bonds. The molecule has 9 nitrogen and oxygen atoms in total. The van der Waals surface area contributed by atoms with E-state index in [1.54, 1.807) is 9.80 Å². The molecule has 1 aliphatic rings. The first-order chi connectivity index (χ1) is 17.5. The van der Waals surface area contributed by atoms with E-state index in [1.165, 1.54) is 0 Å². The topological polar surface area (TPSA) is 99.3 Å². The lowest BCUT2D eigenvalue weighted by Gasteiger charge is -2.30. The van der Waals surface area contributed by atoms with E-state index in [4.69, 9.17) is 4.74 Å². The lowest BCUT2D eigenvalue weighted by atomic mass is 10.1. The average molecular weight is 531 g/mol. The van der Waals surface area contributed by atoms with Crippen molar-refractivity contribution in [2.24, 2.45) is 0 Å². The summed E-state index contributed by atoms with van der Waals surface area (Å²) in [5.41, 5.74) is 2.53. The van der Waals surface area contributed by atoms with Crippen LogP contribution in [0.25, 0.3) is 0 Å². The molecule has 37 heavy (non-hydrogen) atoms. The third-order valence-electron chi connectivity index (χ3n) is 6.41. The van der Waals surface area contributed by atoms with Gasteiger partial charge in [0.15, 0.2) is 6.61 Å². The van der Waals surface area contributed by atoms with E-state index < -0.39 is 10.0 Å². The van der Waals surface area contributed by atoms with Gasteiger partial charge in [-0.15, -0.1) is 0 Å². The molecule has 2 aromatic carbocycles. The maximum Gasteiger partial charge on any atom is 0.264 e. The maximum absolute atomic E-state index is 13.5. The van der Waals surface area contributed by atoms with Gasteiger partial charge in [0.05, 0.1) is 18.5 Å². The summed E-state index contributed by atoms with van der Waals surface area (Å²) in [5, 5.41) is 0. The minimum atomic E-state index is -3.51. The SMILES string of the molecule is Cc1cccc2c1N(C(=O)COc1ccccc1)CCCN(C(C)C)CCN(C(=O)CNS(C)(=O)=O)C2. The molecule has 1 N–H and O–H groups in total. The van der Waals surface area contributed by atoms with E-state index in [1.807, 2.05) is 55.5 Å². The van der Waals surface area contributed by atoms with Crippen LogP contribution < -0.4 is 14.4 Å². The van der Waals surface area contributed by atoms with E-state index in [0.29, 0.717) is 25.4 Å². The first-order valence-corrected chi connectivity index (χ1v) is 14.5. The van der Waals surface area contributed by atoms with Crippen LogP contribution in [0.3, 0.4) is 0 Å². The molecule has 1 heterocycles. The van der Waals surface area contributed by atoms with Crippen LogP contribution in [0.5, 0.6) is 5.75 Å². The van der Waals surface area contributed by atoms with Crippen LogP contribution in [0, 0.1) is 6.92 Å². The Hall–Kier alpha value is -2.95. The summed E-state index contributed by atoms with van der Waals surface area (Å²) < 4.78 is 31.3. The number of ether oxygens (including phenoxy) is 1. The van der Waals surface area contributed by atoms with E-state index in [-0.39, 0.29) is 37.6 Å². The number of carbonyl (C=O) groups is 2. The second-order valence-electron chi connectivity index (χ2n) is 9.62. The predicted molar refractivity (Wildman–Crippen MR) is 145 cm³/mol. The van der Waals surface area contributed by atoms with Crippen molar-refractivity contribution in [3.8, 4) is 5.75 Å². The number of fused-ring (bicyclic) bond motifs is 1. The van der Waals surface area contributed by atoms with Crippen LogP contribution in [0.15, 0.2) is 48.5 Å². The van der Waals surface area contributed by atoms with Gasteiger partial charge in [-0.3, -0.25) is 14.5 Å². The van der Waals surface area contributed by atoms with E-state index in [9.17, 15) is 18.0 Å². The minimum Gasteiger partial charge on any atom is -0.484 e. The highest BCUT2D eigenvalue weighted by Crippen LogP contribution is 2.28. The van der Waals surface area contributed by atoms with Crippen LogP contribution in [-0.4, -0.2) is 81.7 Å². The fourth-order valence-corrected chi connectivity index (χ4v) is 4.83. The lowest BCUT2D eigenvalue weighted by molar-refractivity contribution is -0.130. The smallest absolute Gasteiger partial charge is 0.264 e. The van der Waals surface area contributed by atoms with Crippen molar-refractivity contribution < 1.29 is 22.7 Å². The zero-order chi connectivity index (χ0) is 27.0. The van der Waals surface area contributed by atoms with Crippen molar-refractivity contribution in [1.29, 1.82) is 0 Å². The summed E-state index contributed by atoms with van der Waals surface area (Å²) in [5.74, 6) is 0.150. The van der Waals surface area contributed by atoms with Crippen LogP contribution in [-0.2, 0) is 26.2 Å². The van der Waals surface area contributed by atoms with Gasteiger partial charge >= 0.3 is 0 Å².